The number of hydrogen-bond donors (Lipinski definition) is 4. The third-order valence-corrected chi connectivity index (χ3v) is 12.0. The van der Waals surface area contributed by atoms with E-state index < -0.39 is 53.1 Å². The standard InChI is InChI=1S/C43H53N7O7S/c1-25(2)50-32-21-15-19-30(37-45-34(26(3)58-37)27-16-11-10-12-17-27)35(32)46-40(50)56-29-22-33-36(51)47-43(39(53)48-55)23-28(43)18-13-8-7-9-14-20-31(38(52)49(33)24-29)44-41(54)57-42(4,5)6/h10-13,15-19,21,25,28-29,31,33,55H,7-9,14,20,22-24H2,1-6H3,(H,44,54)(H,47,51)(H,48,53)/b18-13-/t28-,29-,31+,33+,43-/m1/s1. The van der Waals surface area contributed by atoms with Crippen molar-refractivity contribution in [2.75, 3.05) is 6.54 Å². The van der Waals surface area contributed by atoms with E-state index in [-0.39, 0.29) is 24.9 Å². The van der Waals surface area contributed by atoms with Crippen molar-refractivity contribution in [3.63, 3.8) is 0 Å². The number of alkyl carbamates (subject to hydrolysis) is 1. The highest BCUT2D eigenvalue weighted by Gasteiger charge is 2.61. The van der Waals surface area contributed by atoms with Crippen molar-refractivity contribution in [1.82, 2.24) is 35.5 Å². The first-order chi connectivity index (χ1) is 27.7. The number of para-hydroxylation sites is 1. The average molecular weight is 812 g/mol. The summed E-state index contributed by atoms with van der Waals surface area (Å²) in [6, 6.07) is 14.3. The van der Waals surface area contributed by atoms with Gasteiger partial charge in [-0.15, -0.1) is 11.3 Å². The SMILES string of the molecule is Cc1sc(-c2cccc3c2nc(O[C@@H]2C[C@H]4C(=O)N[C@]5(C(=O)NO)C[C@H]5/C=C\CCCCC[C@H](NC(=O)OC(C)(C)C)C(=O)N4C2)n3C(C)C)nc1-c1ccccc1. The molecule has 7 rings (SSSR count). The summed E-state index contributed by atoms with van der Waals surface area (Å²) in [7, 11) is 0. The number of allylic oxidation sites excluding steroid dienone is 1. The molecule has 4 aromatic rings. The van der Waals surface area contributed by atoms with Crippen LogP contribution in [-0.4, -0.2) is 84.3 Å². The predicted molar refractivity (Wildman–Crippen MR) is 220 cm³/mol. The van der Waals surface area contributed by atoms with Gasteiger partial charge in [0.2, 0.25) is 11.8 Å². The van der Waals surface area contributed by atoms with Gasteiger partial charge >= 0.3 is 6.09 Å². The number of fused-ring (bicyclic) bond motifs is 3. The number of hydroxylamine groups is 1. The second-order valence-corrected chi connectivity index (χ2v) is 18.0. The molecule has 2 aromatic carbocycles. The zero-order chi connectivity index (χ0) is 41.4. The molecule has 0 bridgehead atoms. The van der Waals surface area contributed by atoms with E-state index in [2.05, 4.69) is 17.6 Å². The van der Waals surface area contributed by atoms with Crippen molar-refractivity contribution in [3.05, 3.63) is 65.6 Å². The van der Waals surface area contributed by atoms with Crippen molar-refractivity contribution >= 4 is 46.2 Å². The summed E-state index contributed by atoms with van der Waals surface area (Å²) in [5.41, 5.74) is 3.96. The van der Waals surface area contributed by atoms with E-state index >= 15 is 0 Å². The van der Waals surface area contributed by atoms with Gasteiger partial charge in [-0.05, 0) is 79.4 Å². The van der Waals surface area contributed by atoms with Crippen LogP contribution in [0.2, 0.25) is 0 Å². The van der Waals surface area contributed by atoms with Gasteiger partial charge in [-0.3, -0.25) is 24.2 Å². The molecule has 4 heterocycles. The first-order valence-electron chi connectivity index (χ1n) is 20.1. The van der Waals surface area contributed by atoms with Gasteiger partial charge in [0.15, 0.2) is 0 Å². The Balaban J connectivity index is 1.22. The van der Waals surface area contributed by atoms with E-state index in [0.717, 1.165) is 51.5 Å². The molecule has 15 heteroatoms. The fourth-order valence-electron chi connectivity index (χ4n) is 8.09. The fourth-order valence-corrected chi connectivity index (χ4v) is 9.05. The van der Waals surface area contributed by atoms with E-state index in [1.54, 1.807) is 37.6 Å². The zero-order valence-electron chi connectivity index (χ0n) is 33.9. The number of benzene rings is 2. The first-order valence-corrected chi connectivity index (χ1v) is 20.9. The van der Waals surface area contributed by atoms with Gasteiger partial charge in [0, 0.05) is 34.4 Å². The summed E-state index contributed by atoms with van der Waals surface area (Å²) < 4.78 is 14.3. The Bertz CT molecular complexity index is 2210. The number of carbonyl (C=O) groups excluding carboxylic acids is 4. The Hall–Kier alpha value is -5.28. The van der Waals surface area contributed by atoms with Crippen molar-refractivity contribution in [1.29, 1.82) is 0 Å². The van der Waals surface area contributed by atoms with Crippen molar-refractivity contribution < 1.29 is 33.9 Å². The summed E-state index contributed by atoms with van der Waals surface area (Å²) in [5.74, 6) is -2.05. The molecule has 2 aromatic heterocycles. The van der Waals surface area contributed by atoms with Crippen molar-refractivity contribution in [2.45, 2.75) is 122 Å². The molecule has 2 aliphatic heterocycles. The number of nitrogens with zero attached hydrogens (tertiary/aromatic N) is 4. The third kappa shape index (κ3) is 8.46. The van der Waals surface area contributed by atoms with Crippen LogP contribution in [0.1, 0.15) is 90.5 Å². The number of nitrogens with one attached hydrogen (secondary N) is 3. The predicted octanol–water partition coefficient (Wildman–Crippen LogP) is 6.86. The van der Waals surface area contributed by atoms with E-state index in [9.17, 15) is 24.4 Å². The molecule has 2 fully saturated rings. The Morgan fingerprint density at radius 2 is 1.83 bits per heavy atom. The molecule has 0 unspecified atom stereocenters. The lowest BCUT2D eigenvalue weighted by atomic mass is 10.0. The first kappa shape index (κ1) is 40.9. The van der Waals surface area contributed by atoms with Crippen molar-refractivity contribution in [2.24, 2.45) is 5.92 Å². The molecule has 5 atom stereocenters. The fraction of sp³-hybridized carbons (Fsp3) is 0.488. The summed E-state index contributed by atoms with van der Waals surface area (Å²) in [6.45, 7) is 11.4. The number of thiazole rings is 1. The van der Waals surface area contributed by atoms with Gasteiger partial charge < -0.3 is 25.0 Å². The van der Waals surface area contributed by atoms with E-state index in [1.807, 2.05) is 79.1 Å². The molecule has 0 radical (unpaired) electrons. The third-order valence-electron chi connectivity index (χ3n) is 11.0. The minimum Gasteiger partial charge on any atom is -0.459 e. The van der Waals surface area contributed by atoms with Crippen LogP contribution < -0.4 is 20.9 Å². The Morgan fingerprint density at radius 1 is 1.05 bits per heavy atom. The highest BCUT2D eigenvalue weighted by Crippen LogP contribution is 2.46. The molecule has 1 saturated carbocycles. The summed E-state index contributed by atoms with van der Waals surface area (Å²) >= 11 is 1.60. The van der Waals surface area contributed by atoms with Gasteiger partial charge in [-0.1, -0.05) is 61.4 Å². The molecule has 3 aliphatic rings. The highest BCUT2D eigenvalue weighted by molar-refractivity contribution is 7.15. The monoisotopic (exact) mass is 811 g/mol. The highest BCUT2D eigenvalue weighted by atomic mass is 32.1. The molecule has 4 amide bonds. The van der Waals surface area contributed by atoms with Crippen LogP contribution in [-0.2, 0) is 19.1 Å². The van der Waals surface area contributed by atoms with Crippen LogP contribution >= 0.6 is 11.3 Å². The van der Waals surface area contributed by atoms with Gasteiger partial charge in [-0.25, -0.2) is 15.3 Å². The minimum atomic E-state index is -1.36. The van der Waals surface area contributed by atoms with Crippen LogP contribution in [0.4, 0.5) is 4.79 Å². The van der Waals surface area contributed by atoms with Crippen molar-refractivity contribution in [3.8, 4) is 27.8 Å². The lowest BCUT2D eigenvalue weighted by Crippen LogP contribution is -2.57. The lowest BCUT2D eigenvalue weighted by Gasteiger charge is -2.30. The average Bonchev–Trinajstić information content (AvgIpc) is 3.46. The summed E-state index contributed by atoms with van der Waals surface area (Å²) in [5, 5.41) is 16.2. The number of aryl methyl sites for hydroxylation is 1. The lowest BCUT2D eigenvalue weighted by molar-refractivity contribution is -0.142. The molecule has 58 heavy (non-hydrogen) atoms. The number of hydrogen-bond acceptors (Lipinski definition) is 10. The van der Waals surface area contributed by atoms with Crippen LogP contribution in [0.5, 0.6) is 6.01 Å². The zero-order valence-corrected chi connectivity index (χ0v) is 34.7. The number of aromatic nitrogens is 3. The second kappa shape index (κ2) is 16.5. The summed E-state index contributed by atoms with van der Waals surface area (Å²) in [4.78, 5) is 67.6. The number of rotatable bonds is 7. The Morgan fingerprint density at radius 3 is 2.55 bits per heavy atom. The number of amides is 4. The van der Waals surface area contributed by atoms with Crippen LogP contribution in [0.3, 0.4) is 0 Å². The number of ether oxygens (including phenoxy) is 2. The van der Waals surface area contributed by atoms with Gasteiger partial charge in [-0.2, -0.15) is 4.98 Å². The summed E-state index contributed by atoms with van der Waals surface area (Å²) in [6.07, 6.45) is 6.24. The maximum absolute atomic E-state index is 14.6. The topological polar surface area (TPSA) is 177 Å². The molecular formula is C43H53N7O7S. The van der Waals surface area contributed by atoms with Gasteiger partial charge in [0.25, 0.3) is 11.9 Å². The minimum absolute atomic E-state index is 0.0201. The van der Waals surface area contributed by atoms with Gasteiger partial charge in [0.05, 0.1) is 17.8 Å². The molecule has 1 saturated heterocycles. The van der Waals surface area contributed by atoms with Crippen LogP contribution in [0.25, 0.3) is 32.9 Å². The Kier molecular flexibility index (Phi) is 11.7. The normalized spacial score (nSPS) is 24.6. The molecule has 308 valence electrons. The van der Waals surface area contributed by atoms with Crippen LogP contribution in [0.15, 0.2) is 60.7 Å². The molecule has 0 spiro atoms. The number of carbonyl (C=O) groups is 4. The van der Waals surface area contributed by atoms with Crippen LogP contribution in [0, 0.1) is 12.8 Å². The molecule has 14 nitrogen and oxygen atoms in total. The maximum atomic E-state index is 14.6. The maximum Gasteiger partial charge on any atom is 0.408 e. The number of imidazole rings is 1. The second-order valence-electron chi connectivity index (χ2n) is 16.8. The smallest absolute Gasteiger partial charge is 0.408 e. The van der Waals surface area contributed by atoms with Gasteiger partial charge in [0.1, 0.15) is 39.9 Å². The molecule has 1 aliphatic carbocycles. The van der Waals surface area contributed by atoms with E-state index in [1.165, 1.54) is 4.90 Å². The molecule has 4 N–H and O–H groups in total. The quantitative estimate of drug-likeness (QED) is 0.0883. The molecular weight excluding hydrogens is 759 g/mol. The van der Waals surface area contributed by atoms with E-state index in [0.29, 0.717) is 30.8 Å². The largest absolute Gasteiger partial charge is 0.459 e. The Labute approximate surface area is 342 Å². The van der Waals surface area contributed by atoms with E-state index in [4.69, 9.17) is 19.4 Å².